The first-order valence-corrected chi connectivity index (χ1v) is 7.46. The van der Waals surface area contributed by atoms with Crippen LogP contribution in [0.1, 0.15) is 44.2 Å². The van der Waals surface area contributed by atoms with Crippen molar-refractivity contribution < 1.29 is 0 Å². The van der Waals surface area contributed by atoms with Crippen molar-refractivity contribution in [1.29, 1.82) is 0 Å². The van der Waals surface area contributed by atoms with Crippen molar-refractivity contribution >= 4 is 27.5 Å². The Labute approximate surface area is 117 Å². The zero-order valence-electron chi connectivity index (χ0n) is 10.1. The molecule has 1 saturated carbocycles. The van der Waals surface area contributed by atoms with E-state index in [0.717, 1.165) is 21.0 Å². The van der Waals surface area contributed by atoms with Crippen LogP contribution in [0.3, 0.4) is 0 Å². The highest BCUT2D eigenvalue weighted by atomic mass is 79.9. The van der Waals surface area contributed by atoms with Crippen LogP contribution < -0.4 is 5.73 Å². The maximum absolute atomic E-state index is 6.38. The maximum atomic E-state index is 6.38. The molecule has 1 unspecified atom stereocenters. The number of hydrogen-bond donors (Lipinski definition) is 1. The van der Waals surface area contributed by atoms with E-state index in [4.69, 9.17) is 17.3 Å². The molecule has 17 heavy (non-hydrogen) atoms. The fourth-order valence-electron chi connectivity index (χ4n) is 2.68. The highest BCUT2D eigenvalue weighted by Gasteiger charge is 2.26. The molecular formula is C14H19BrClN. The van der Waals surface area contributed by atoms with E-state index in [0.29, 0.717) is 5.92 Å². The van der Waals surface area contributed by atoms with Gasteiger partial charge in [-0.1, -0.05) is 43.5 Å². The third-order valence-electron chi connectivity index (χ3n) is 3.91. The Balaban J connectivity index is 2.14. The Bertz CT molecular complexity index is 386. The lowest BCUT2D eigenvalue weighted by Crippen LogP contribution is -2.25. The Morgan fingerprint density at radius 2 is 1.94 bits per heavy atom. The van der Waals surface area contributed by atoms with Gasteiger partial charge < -0.3 is 5.73 Å². The molecule has 1 aliphatic carbocycles. The number of benzene rings is 1. The molecule has 0 spiro atoms. The molecule has 2 N–H and O–H groups in total. The summed E-state index contributed by atoms with van der Waals surface area (Å²) in [5.74, 6) is 1.44. The summed E-state index contributed by atoms with van der Waals surface area (Å²) >= 11 is 9.77. The van der Waals surface area contributed by atoms with Gasteiger partial charge in [0.1, 0.15) is 0 Å². The predicted octanol–water partition coefficient (Wildman–Crippen LogP) is 4.93. The molecule has 0 amide bonds. The SMILES string of the molecule is CC1CCC(C(N)c2cccc(Br)c2Cl)CC1. The first kappa shape index (κ1) is 13.4. The summed E-state index contributed by atoms with van der Waals surface area (Å²) < 4.78 is 0.941. The molecule has 1 atom stereocenters. The van der Waals surface area contributed by atoms with Gasteiger partial charge in [0.25, 0.3) is 0 Å². The van der Waals surface area contributed by atoms with Gasteiger partial charge in [-0.25, -0.2) is 0 Å². The largest absolute Gasteiger partial charge is 0.324 e. The fraction of sp³-hybridized carbons (Fsp3) is 0.571. The molecule has 0 bridgehead atoms. The van der Waals surface area contributed by atoms with Gasteiger partial charge in [0.2, 0.25) is 0 Å². The molecule has 0 saturated heterocycles. The monoisotopic (exact) mass is 315 g/mol. The molecule has 0 radical (unpaired) electrons. The van der Waals surface area contributed by atoms with Crippen LogP contribution in [0, 0.1) is 11.8 Å². The minimum Gasteiger partial charge on any atom is -0.324 e. The Hall–Kier alpha value is -0.0500. The number of halogens is 2. The molecule has 1 aromatic carbocycles. The summed E-state index contributed by atoms with van der Waals surface area (Å²) in [6, 6.07) is 6.10. The molecule has 1 aromatic rings. The summed E-state index contributed by atoms with van der Waals surface area (Å²) in [6.45, 7) is 2.33. The number of nitrogens with two attached hydrogens (primary N) is 1. The van der Waals surface area contributed by atoms with Crippen LogP contribution in [0.5, 0.6) is 0 Å². The minimum atomic E-state index is 0.0764. The maximum Gasteiger partial charge on any atom is 0.0595 e. The molecule has 2 rings (SSSR count). The molecule has 0 aliphatic heterocycles. The van der Waals surface area contributed by atoms with Crippen molar-refractivity contribution in [2.45, 2.75) is 38.6 Å². The van der Waals surface area contributed by atoms with Gasteiger partial charge in [-0.05, 0) is 52.2 Å². The van der Waals surface area contributed by atoms with Crippen LogP contribution in [-0.4, -0.2) is 0 Å². The Kier molecular flexibility index (Phi) is 4.51. The molecule has 1 aliphatic rings. The lowest BCUT2D eigenvalue weighted by Gasteiger charge is -2.31. The zero-order valence-corrected chi connectivity index (χ0v) is 12.5. The van der Waals surface area contributed by atoms with Crippen molar-refractivity contribution in [3.8, 4) is 0 Å². The van der Waals surface area contributed by atoms with Gasteiger partial charge in [-0.15, -0.1) is 0 Å². The van der Waals surface area contributed by atoms with Crippen molar-refractivity contribution in [2.75, 3.05) is 0 Å². The van der Waals surface area contributed by atoms with Gasteiger partial charge in [0.05, 0.1) is 5.02 Å². The standard InChI is InChI=1S/C14H19BrClN/c1-9-5-7-10(8-6-9)14(17)11-3-2-4-12(15)13(11)16/h2-4,9-10,14H,5-8,17H2,1H3. The third kappa shape index (κ3) is 3.04. The highest BCUT2D eigenvalue weighted by molar-refractivity contribution is 9.10. The molecular weight excluding hydrogens is 298 g/mol. The topological polar surface area (TPSA) is 26.0 Å². The quantitative estimate of drug-likeness (QED) is 0.822. The van der Waals surface area contributed by atoms with E-state index >= 15 is 0 Å². The van der Waals surface area contributed by atoms with Crippen LogP contribution in [-0.2, 0) is 0 Å². The van der Waals surface area contributed by atoms with Gasteiger partial charge in [-0.2, -0.15) is 0 Å². The molecule has 0 heterocycles. The minimum absolute atomic E-state index is 0.0764. The van der Waals surface area contributed by atoms with Gasteiger partial charge in [0.15, 0.2) is 0 Å². The van der Waals surface area contributed by atoms with Gasteiger partial charge in [0, 0.05) is 10.5 Å². The van der Waals surface area contributed by atoms with E-state index in [1.54, 1.807) is 0 Å². The van der Waals surface area contributed by atoms with E-state index in [-0.39, 0.29) is 6.04 Å². The average Bonchev–Trinajstić information content (AvgIpc) is 2.33. The van der Waals surface area contributed by atoms with E-state index in [1.165, 1.54) is 25.7 Å². The summed E-state index contributed by atoms with van der Waals surface area (Å²) in [4.78, 5) is 0. The smallest absolute Gasteiger partial charge is 0.0595 e. The Morgan fingerprint density at radius 3 is 2.59 bits per heavy atom. The first-order chi connectivity index (χ1) is 8.09. The fourth-order valence-corrected chi connectivity index (χ4v) is 3.31. The Morgan fingerprint density at radius 1 is 1.29 bits per heavy atom. The van der Waals surface area contributed by atoms with E-state index in [9.17, 15) is 0 Å². The average molecular weight is 317 g/mol. The summed E-state index contributed by atoms with van der Waals surface area (Å²) in [5, 5.41) is 0.777. The van der Waals surface area contributed by atoms with Crippen LogP contribution >= 0.6 is 27.5 Å². The second-order valence-corrected chi connectivity index (χ2v) is 6.42. The number of hydrogen-bond acceptors (Lipinski definition) is 1. The second kappa shape index (κ2) is 5.73. The van der Waals surface area contributed by atoms with Crippen molar-refractivity contribution in [3.63, 3.8) is 0 Å². The van der Waals surface area contributed by atoms with Crippen LogP contribution in [0.2, 0.25) is 5.02 Å². The normalized spacial score (nSPS) is 26.8. The number of rotatable bonds is 2. The third-order valence-corrected chi connectivity index (χ3v) is 5.22. The van der Waals surface area contributed by atoms with Gasteiger partial charge in [-0.3, -0.25) is 0 Å². The van der Waals surface area contributed by atoms with Crippen LogP contribution in [0.4, 0.5) is 0 Å². The molecule has 0 aromatic heterocycles. The zero-order chi connectivity index (χ0) is 12.4. The van der Waals surface area contributed by atoms with E-state index in [1.807, 2.05) is 12.1 Å². The molecule has 94 valence electrons. The lowest BCUT2D eigenvalue weighted by molar-refractivity contribution is 0.256. The molecule has 1 fully saturated rings. The van der Waals surface area contributed by atoms with E-state index < -0.39 is 0 Å². The summed E-state index contributed by atoms with van der Waals surface area (Å²) in [7, 11) is 0. The summed E-state index contributed by atoms with van der Waals surface area (Å²) in [6.07, 6.45) is 5.05. The summed E-state index contributed by atoms with van der Waals surface area (Å²) in [5.41, 5.74) is 7.46. The second-order valence-electron chi connectivity index (χ2n) is 5.19. The van der Waals surface area contributed by atoms with Crippen molar-refractivity contribution in [2.24, 2.45) is 17.6 Å². The van der Waals surface area contributed by atoms with E-state index in [2.05, 4.69) is 28.9 Å². The first-order valence-electron chi connectivity index (χ1n) is 6.29. The lowest BCUT2D eigenvalue weighted by atomic mass is 9.78. The molecule has 3 heteroatoms. The predicted molar refractivity (Wildman–Crippen MR) is 77.2 cm³/mol. The van der Waals surface area contributed by atoms with Crippen molar-refractivity contribution in [1.82, 2.24) is 0 Å². The van der Waals surface area contributed by atoms with Crippen molar-refractivity contribution in [3.05, 3.63) is 33.3 Å². The van der Waals surface area contributed by atoms with Crippen LogP contribution in [0.15, 0.2) is 22.7 Å². The van der Waals surface area contributed by atoms with Crippen LogP contribution in [0.25, 0.3) is 0 Å². The van der Waals surface area contributed by atoms with Gasteiger partial charge >= 0.3 is 0 Å². The molecule has 1 nitrogen and oxygen atoms in total. The highest BCUT2D eigenvalue weighted by Crippen LogP contribution is 2.39.